The van der Waals surface area contributed by atoms with Crippen molar-refractivity contribution in [3.05, 3.63) is 35.6 Å². The number of hydrogen-bond acceptors (Lipinski definition) is 3. The minimum atomic E-state index is -0.798. The van der Waals surface area contributed by atoms with Gasteiger partial charge in [0.15, 0.2) is 6.10 Å². The van der Waals surface area contributed by atoms with Crippen LogP contribution >= 0.6 is 0 Å². The molecule has 0 aliphatic heterocycles. The molecule has 1 amide bonds. The second-order valence-corrected chi connectivity index (χ2v) is 4.70. The van der Waals surface area contributed by atoms with E-state index in [4.69, 9.17) is 4.74 Å². The molecule has 4 nitrogen and oxygen atoms in total. The molecule has 1 aliphatic carbocycles. The van der Waals surface area contributed by atoms with Gasteiger partial charge in [-0.2, -0.15) is 0 Å². The van der Waals surface area contributed by atoms with E-state index in [1.54, 1.807) is 19.1 Å². The molecule has 0 heterocycles. The van der Waals surface area contributed by atoms with E-state index in [1.165, 1.54) is 12.1 Å². The molecule has 1 aromatic carbocycles. The Morgan fingerprint density at radius 2 is 2.00 bits per heavy atom. The van der Waals surface area contributed by atoms with Gasteiger partial charge in [0, 0.05) is 6.54 Å². The highest BCUT2D eigenvalue weighted by Crippen LogP contribution is 2.30. The van der Waals surface area contributed by atoms with E-state index in [0.717, 1.165) is 18.4 Å². The average molecular weight is 265 g/mol. The van der Waals surface area contributed by atoms with Crippen molar-refractivity contribution >= 4 is 11.9 Å². The first-order chi connectivity index (χ1) is 9.06. The molecule has 0 bridgehead atoms. The van der Waals surface area contributed by atoms with Crippen LogP contribution in [-0.4, -0.2) is 18.0 Å². The summed E-state index contributed by atoms with van der Waals surface area (Å²) in [7, 11) is 0. The maximum atomic E-state index is 12.7. The van der Waals surface area contributed by atoms with Gasteiger partial charge in [-0.25, -0.2) is 4.39 Å². The Morgan fingerprint density at radius 3 is 2.58 bits per heavy atom. The van der Waals surface area contributed by atoms with Gasteiger partial charge in [-0.1, -0.05) is 12.1 Å². The first-order valence-corrected chi connectivity index (χ1v) is 6.29. The van der Waals surface area contributed by atoms with E-state index >= 15 is 0 Å². The first-order valence-electron chi connectivity index (χ1n) is 6.29. The van der Waals surface area contributed by atoms with Crippen molar-refractivity contribution in [1.82, 2.24) is 5.32 Å². The minimum absolute atomic E-state index is 0.0210. The second kappa shape index (κ2) is 5.82. The Labute approximate surface area is 110 Å². The first kappa shape index (κ1) is 13.5. The highest BCUT2D eigenvalue weighted by molar-refractivity contribution is 5.84. The van der Waals surface area contributed by atoms with Gasteiger partial charge in [-0.15, -0.1) is 0 Å². The molecule has 1 N–H and O–H groups in total. The molecule has 0 radical (unpaired) electrons. The Hall–Kier alpha value is -1.91. The third kappa shape index (κ3) is 4.05. The van der Waals surface area contributed by atoms with Gasteiger partial charge in [0.05, 0.1) is 5.92 Å². The SMILES string of the molecule is C[C@H](OC(=O)C1CC1)C(=O)NCc1ccc(F)cc1. The number of nitrogens with one attached hydrogen (secondary N) is 1. The van der Waals surface area contributed by atoms with Crippen molar-refractivity contribution in [2.75, 3.05) is 0 Å². The van der Waals surface area contributed by atoms with E-state index in [2.05, 4.69) is 5.32 Å². The number of carbonyl (C=O) groups excluding carboxylic acids is 2. The normalized spacial score (nSPS) is 15.7. The Bertz CT molecular complexity index is 468. The van der Waals surface area contributed by atoms with Gasteiger partial charge in [0.2, 0.25) is 0 Å². The Balaban J connectivity index is 1.76. The number of ether oxygens (including phenoxy) is 1. The number of rotatable bonds is 5. The number of esters is 1. The predicted molar refractivity (Wildman–Crippen MR) is 66.5 cm³/mol. The summed E-state index contributed by atoms with van der Waals surface area (Å²) in [6.07, 6.45) is 0.902. The molecule has 1 fully saturated rings. The molecule has 2 rings (SSSR count). The fraction of sp³-hybridized carbons (Fsp3) is 0.429. The summed E-state index contributed by atoms with van der Waals surface area (Å²) in [6.45, 7) is 1.82. The van der Waals surface area contributed by atoms with E-state index < -0.39 is 6.10 Å². The quantitative estimate of drug-likeness (QED) is 0.826. The van der Waals surface area contributed by atoms with Crippen molar-refractivity contribution in [2.24, 2.45) is 5.92 Å². The van der Waals surface area contributed by atoms with Gasteiger partial charge < -0.3 is 10.1 Å². The molecule has 19 heavy (non-hydrogen) atoms. The summed E-state index contributed by atoms with van der Waals surface area (Å²) >= 11 is 0. The van der Waals surface area contributed by atoms with Crippen LogP contribution in [0, 0.1) is 11.7 Å². The van der Waals surface area contributed by atoms with Crippen LogP contribution in [-0.2, 0) is 20.9 Å². The maximum absolute atomic E-state index is 12.7. The lowest BCUT2D eigenvalue weighted by molar-refractivity contribution is -0.156. The van der Waals surface area contributed by atoms with Crippen LogP contribution in [0.2, 0.25) is 0 Å². The van der Waals surface area contributed by atoms with Gasteiger partial charge >= 0.3 is 5.97 Å². The van der Waals surface area contributed by atoms with Crippen molar-refractivity contribution in [3.8, 4) is 0 Å². The van der Waals surface area contributed by atoms with E-state index in [9.17, 15) is 14.0 Å². The molecule has 102 valence electrons. The lowest BCUT2D eigenvalue weighted by Gasteiger charge is -2.13. The summed E-state index contributed by atoms with van der Waals surface area (Å²) < 4.78 is 17.7. The zero-order valence-electron chi connectivity index (χ0n) is 10.7. The highest BCUT2D eigenvalue weighted by atomic mass is 19.1. The van der Waals surface area contributed by atoms with Crippen LogP contribution in [0.1, 0.15) is 25.3 Å². The maximum Gasteiger partial charge on any atom is 0.309 e. The summed E-state index contributed by atoms with van der Waals surface area (Å²) in [6, 6.07) is 5.85. The Morgan fingerprint density at radius 1 is 1.37 bits per heavy atom. The van der Waals surface area contributed by atoms with Gasteiger partial charge in [-0.3, -0.25) is 9.59 Å². The van der Waals surface area contributed by atoms with E-state index in [1.807, 2.05) is 0 Å². The molecule has 0 aromatic heterocycles. The van der Waals surface area contributed by atoms with Crippen molar-refractivity contribution < 1.29 is 18.7 Å². The van der Waals surface area contributed by atoms with Gasteiger partial charge in [-0.05, 0) is 37.5 Å². The molecule has 1 aromatic rings. The molecule has 1 saturated carbocycles. The Kier molecular flexibility index (Phi) is 4.14. The third-order valence-corrected chi connectivity index (χ3v) is 2.95. The number of halogens is 1. The molecule has 1 aliphatic rings. The van der Waals surface area contributed by atoms with Crippen LogP contribution < -0.4 is 5.32 Å². The third-order valence-electron chi connectivity index (χ3n) is 2.95. The summed E-state index contributed by atoms with van der Waals surface area (Å²) in [5.41, 5.74) is 0.787. The van der Waals surface area contributed by atoms with Crippen LogP contribution in [0.3, 0.4) is 0 Å². The smallest absolute Gasteiger partial charge is 0.309 e. The molecule has 0 saturated heterocycles. The highest BCUT2D eigenvalue weighted by Gasteiger charge is 2.33. The van der Waals surface area contributed by atoms with Crippen molar-refractivity contribution in [1.29, 1.82) is 0 Å². The van der Waals surface area contributed by atoms with E-state index in [0.29, 0.717) is 0 Å². The molecule has 0 spiro atoms. The van der Waals surface area contributed by atoms with E-state index in [-0.39, 0.29) is 30.2 Å². The molecular weight excluding hydrogens is 249 g/mol. The number of carbonyl (C=O) groups is 2. The van der Waals surface area contributed by atoms with Crippen LogP contribution in [0.5, 0.6) is 0 Å². The average Bonchev–Trinajstić information content (AvgIpc) is 3.21. The minimum Gasteiger partial charge on any atom is -0.452 e. The molecular formula is C14H16FNO3. The van der Waals surface area contributed by atoms with Crippen LogP contribution in [0.4, 0.5) is 4.39 Å². The second-order valence-electron chi connectivity index (χ2n) is 4.70. The number of benzene rings is 1. The van der Waals surface area contributed by atoms with Crippen molar-refractivity contribution in [2.45, 2.75) is 32.4 Å². The predicted octanol–water partition coefficient (Wildman–Crippen LogP) is 1.78. The number of amides is 1. The van der Waals surface area contributed by atoms with Crippen LogP contribution in [0.15, 0.2) is 24.3 Å². The summed E-state index contributed by atoms with van der Waals surface area (Å²) in [5.74, 6) is -0.989. The van der Waals surface area contributed by atoms with Gasteiger partial charge in [0.1, 0.15) is 5.82 Å². The lowest BCUT2D eigenvalue weighted by atomic mass is 10.2. The summed E-state index contributed by atoms with van der Waals surface area (Å²) in [4.78, 5) is 23.1. The number of hydrogen-bond donors (Lipinski definition) is 1. The largest absolute Gasteiger partial charge is 0.452 e. The van der Waals surface area contributed by atoms with Crippen LogP contribution in [0.25, 0.3) is 0 Å². The molecule has 1 atom stereocenters. The monoisotopic (exact) mass is 265 g/mol. The fourth-order valence-corrected chi connectivity index (χ4v) is 1.58. The topological polar surface area (TPSA) is 55.4 Å². The standard InChI is InChI=1S/C14H16FNO3/c1-9(19-14(18)11-4-5-11)13(17)16-8-10-2-6-12(15)7-3-10/h2-3,6-7,9,11H,4-5,8H2,1H3,(H,16,17)/t9-/m0/s1. The molecule has 5 heteroatoms. The lowest BCUT2D eigenvalue weighted by Crippen LogP contribution is -2.35. The van der Waals surface area contributed by atoms with Gasteiger partial charge in [0.25, 0.3) is 5.91 Å². The molecule has 0 unspecified atom stereocenters. The fourth-order valence-electron chi connectivity index (χ4n) is 1.58. The van der Waals surface area contributed by atoms with Crippen molar-refractivity contribution in [3.63, 3.8) is 0 Å². The zero-order valence-corrected chi connectivity index (χ0v) is 10.7. The zero-order chi connectivity index (χ0) is 13.8. The summed E-state index contributed by atoms with van der Waals surface area (Å²) in [5, 5.41) is 2.64.